The molecule has 3 aromatic carbocycles. The highest BCUT2D eigenvalue weighted by Gasteiger charge is 2.43. The molecule has 1 N–H and O–H groups in total. The van der Waals surface area contributed by atoms with Crippen LogP contribution < -0.4 is 0 Å². The van der Waals surface area contributed by atoms with E-state index in [4.69, 9.17) is 0 Å². The second kappa shape index (κ2) is 8.64. The number of benzene rings is 3. The van der Waals surface area contributed by atoms with Gasteiger partial charge in [-0.25, -0.2) is 0 Å². The Morgan fingerprint density at radius 1 is 0.906 bits per heavy atom. The predicted octanol–water partition coefficient (Wildman–Crippen LogP) is 4.60. The summed E-state index contributed by atoms with van der Waals surface area (Å²) in [5.74, 6) is -0.194. The van der Waals surface area contributed by atoms with E-state index >= 15 is 0 Å². The minimum atomic E-state index is -0.297. The lowest BCUT2D eigenvalue weighted by atomic mass is 9.89. The summed E-state index contributed by atoms with van der Waals surface area (Å²) in [6.07, 6.45) is 0.449. The Bertz CT molecular complexity index is 1120. The van der Waals surface area contributed by atoms with Crippen molar-refractivity contribution in [3.63, 3.8) is 0 Å². The molecule has 1 amide bonds. The van der Waals surface area contributed by atoms with Gasteiger partial charge in [0.2, 0.25) is 5.91 Å². The SMILES string of the molecule is CN1C2=C(CN(C(=O)C(CCO)c3ccccc3)C2)C1c1ccc(-c2ccccc2)cc1. The summed E-state index contributed by atoms with van der Waals surface area (Å²) >= 11 is 0. The third kappa shape index (κ3) is 3.61. The van der Waals surface area contributed by atoms with Gasteiger partial charge in [-0.1, -0.05) is 84.9 Å². The van der Waals surface area contributed by atoms with Gasteiger partial charge in [0, 0.05) is 25.9 Å². The van der Waals surface area contributed by atoms with E-state index in [1.54, 1.807) is 0 Å². The summed E-state index contributed by atoms with van der Waals surface area (Å²) in [5, 5.41) is 9.55. The van der Waals surface area contributed by atoms with Crippen molar-refractivity contribution in [2.24, 2.45) is 0 Å². The lowest BCUT2D eigenvalue weighted by molar-refractivity contribution is -0.132. The summed E-state index contributed by atoms with van der Waals surface area (Å²) in [6, 6.07) is 29.2. The summed E-state index contributed by atoms with van der Waals surface area (Å²) < 4.78 is 0. The second-order valence-corrected chi connectivity index (χ2v) is 8.64. The standard InChI is InChI=1S/C28H28N2O2/c1-29-26-19-30(28(32)24(16-17-31)22-10-6-3-7-11-22)18-25(26)27(29)23-14-12-21(13-15-23)20-8-4-2-5-9-20/h2-15,24,27,31H,16-19H2,1H3. The van der Waals surface area contributed by atoms with Gasteiger partial charge in [0.1, 0.15) is 0 Å². The van der Waals surface area contributed by atoms with Gasteiger partial charge >= 0.3 is 0 Å². The fourth-order valence-corrected chi connectivity index (χ4v) is 5.08. The lowest BCUT2D eigenvalue weighted by Gasteiger charge is -2.41. The predicted molar refractivity (Wildman–Crippen MR) is 127 cm³/mol. The first-order chi connectivity index (χ1) is 15.7. The molecule has 162 valence electrons. The van der Waals surface area contributed by atoms with Crippen molar-refractivity contribution in [2.45, 2.75) is 18.4 Å². The Morgan fingerprint density at radius 3 is 2.19 bits per heavy atom. The molecule has 0 bridgehead atoms. The highest BCUT2D eigenvalue weighted by atomic mass is 16.3. The smallest absolute Gasteiger partial charge is 0.230 e. The highest BCUT2D eigenvalue weighted by Crippen LogP contribution is 2.46. The van der Waals surface area contributed by atoms with Gasteiger partial charge in [-0.15, -0.1) is 0 Å². The van der Waals surface area contributed by atoms with E-state index in [-0.39, 0.29) is 24.5 Å². The van der Waals surface area contributed by atoms with E-state index in [2.05, 4.69) is 60.5 Å². The van der Waals surface area contributed by atoms with Crippen molar-refractivity contribution in [1.29, 1.82) is 0 Å². The quantitative estimate of drug-likeness (QED) is 0.629. The Hall–Kier alpha value is -3.37. The van der Waals surface area contributed by atoms with Crippen molar-refractivity contribution >= 4 is 5.91 Å². The number of carbonyl (C=O) groups excluding carboxylic acids is 1. The first-order valence-electron chi connectivity index (χ1n) is 11.2. The average Bonchev–Trinajstić information content (AvgIpc) is 3.23. The van der Waals surface area contributed by atoms with Gasteiger partial charge < -0.3 is 14.9 Å². The molecular formula is C28H28N2O2. The molecule has 2 aliphatic rings. The number of aliphatic hydroxyl groups is 1. The molecule has 3 aromatic rings. The number of hydrogen-bond acceptors (Lipinski definition) is 3. The second-order valence-electron chi connectivity index (χ2n) is 8.64. The molecule has 4 nitrogen and oxygen atoms in total. The van der Waals surface area contributed by atoms with Crippen LogP contribution in [0.5, 0.6) is 0 Å². The first-order valence-corrected chi connectivity index (χ1v) is 11.2. The van der Waals surface area contributed by atoms with Gasteiger partial charge in [-0.2, -0.15) is 0 Å². The van der Waals surface area contributed by atoms with E-state index in [9.17, 15) is 9.90 Å². The molecular weight excluding hydrogens is 396 g/mol. The number of likely N-dealkylation sites (N-methyl/N-ethyl adjacent to an activating group) is 1. The van der Waals surface area contributed by atoms with Crippen molar-refractivity contribution < 1.29 is 9.90 Å². The molecule has 0 aliphatic carbocycles. The summed E-state index contributed by atoms with van der Waals surface area (Å²) in [6.45, 7) is 1.32. The number of aliphatic hydroxyl groups excluding tert-OH is 1. The average molecular weight is 425 g/mol. The molecule has 2 aliphatic heterocycles. The van der Waals surface area contributed by atoms with Crippen LogP contribution in [0.4, 0.5) is 0 Å². The zero-order valence-corrected chi connectivity index (χ0v) is 18.3. The van der Waals surface area contributed by atoms with E-state index in [0.717, 1.165) is 5.56 Å². The zero-order valence-electron chi connectivity index (χ0n) is 18.3. The molecule has 0 saturated carbocycles. The molecule has 5 rings (SSSR count). The Labute approximate surface area is 189 Å². The number of nitrogens with zero attached hydrogens (tertiary/aromatic N) is 2. The molecule has 2 atom stereocenters. The van der Waals surface area contributed by atoms with Gasteiger partial charge in [0.25, 0.3) is 0 Å². The topological polar surface area (TPSA) is 43.8 Å². The van der Waals surface area contributed by atoms with E-state index < -0.39 is 0 Å². The fraction of sp³-hybridized carbons (Fsp3) is 0.250. The number of carbonyl (C=O) groups is 1. The zero-order chi connectivity index (χ0) is 22.1. The van der Waals surface area contributed by atoms with Crippen LogP contribution in [0.3, 0.4) is 0 Å². The summed E-state index contributed by atoms with van der Waals surface area (Å²) in [7, 11) is 2.12. The van der Waals surface area contributed by atoms with Crippen LogP contribution in [0.15, 0.2) is 96.2 Å². The molecule has 0 fully saturated rings. The monoisotopic (exact) mass is 424 g/mol. The first kappa shape index (κ1) is 20.5. The third-order valence-corrected chi connectivity index (χ3v) is 6.78. The van der Waals surface area contributed by atoms with Crippen molar-refractivity contribution in [2.75, 3.05) is 26.7 Å². The maximum atomic E-state index is 13.4. The molecule has 0 spiro atoms. The van der Waals surface area contributed by atoms with Crippen LogP contribution in [0, 0.1) is 0 Å². The highest BCUT2D eigenvalue weighted by molar-refractivity contribution is 5.85. The number of hydrogen-bond donors (Lipinski definition) is 1. The maximum absolute atomic E-state index is 13.4. The number of amides is 1. The normalized spacial score (nSPS) is 18.4. The fourth-order valence-electron chi connectivity index (χ4n) is 5.08. The molecule has 0 aromatic heterocycles. The van der Waals surface area contributed by atoms with Gasteiger partial charge in [-0.3, -0.25) is 4.79 Å². The van der Waals surface area contributed by atoms with Crippen molar-refractivity contribution in [3.05, 3.63) is 107 Å². The molecule has 2 heterocycles. The molecule has 2 unspecified atom stereocenters. The molecule has 32 heavy (non-hydrogen) atoms. The summed E-state index contributed by atoms with van der Waals surface area (Å²) in [4.78, 5) is 17.6. The van der Waals surface area contributed by atoms with Gasteiger partial charge in [0.05, 0.1) is 18.5 Å². The van der Waals surface area contributed by atoms with E-state index in [0.29, 0.717) is 19.5 Å². The third-order valence-electron chi connectivity index (χ3n) is 6.78. The van der Waals surface area contributed by atoms with Gasteiger partial charge in [0.15, 0.2) is 0 Å². The van der Waals surface area contributed by atoms with E-state index in [1.807, 2.05) is 41.3 Å². The molecule has 0 radical (unpaired) electrons. The lowest BCUT2D eigenvalue weighted by Crippen LogP contribution is -2.36. The van der Waals surface area contributed by atoms with Gasteiger partial charge in [-0.05, 0) is 34.2 Å². The minimum absolute atomic E-state index is 0.00255. The maximum Gasteiger partial charge on any atom is 0.230 e. The minimum Gasteiger partial charge on any atom is -0.396 e. The van der Waals surface area contributed by atoms with Crippen LogP contribution in [0.25, 0.3) is 11.1 Å². The molecule has 0 saturated heterocycles. The van der Waals surface area contributed by atoms with Crippen molar-refractivity contribution in [3.8, 4) is 11.1 Å². The largest absolute Gasteiger partial charge is 0.396 e. The summed E-state index contributed by atoms with van der Waals surface area (Å²) in [5.41, 5.74) is 7.26. The Morgan fingerprint density at radius 2 is 1.53 bits per heavy atom. The Kier molecular flexibility index (Phi) is 5.54. The Balaban J connectivity index is 1.31. The van der Waals surface area contributed by atoms with Crippen LogP contribution in [0.1, 0.15) is 29.5 Å². The van der Waals surface area contributed by atoms with Crippen LogP contribution in [-0.2, 0) is 4.79 Å². The van der Waals surface area contributed by atoms with Crippen LogP contribution in [0.2, 0.25) is 0 Å². The van der Waals surface area contributed by atoms with Crippen LogP contribution in [-0.4, -0.2) is 47.6 Å². The number of rotatable bonds is 6. The van der Waals surface area contributed by atoms with Crippen LogP contribution >= 0.6 is 0 Å². The molecule has 4 heteroatoms. The van der Waals surface area contributed by atoms with Crippen molar-refractivity contribution in [1.82, 2.24) is 9.80 Å². The van der Waals surface area contributed by atoms with E-state index in [1.165, 1.54) is 28.0 Å².